The average molecular weight is 461 g/mol. The van der Waals surface area contributed by atoms with Gasteiger partial charge in [0.05, 0.1) is 4.92 Å². The Kier molecular flexibility index (Phi) is 6.95. The number of carbonyl (C=O) groups is 2. The number of ether oxygens (including phenoxy) is 1. The predicted molar refractivity (Wildman–Crippen MR) is 118 cm³/mol. The second-order valence-corrected chi connectivity index (χ2v) is 7.62. The van der Waals surface area contributed by atoms with Gasteiger partial charge in [-0.05, 0) is 37.3 Å². The first-order valence-electron chi connectivity index (χ1n) is 9.02. The van der Waals surface area contributed by atoms with Crippen LogP contribution in [0.15, 0.2) is 48.5 Å². The molecule has 2 aromatic carbocycles. The molecule has 160 valence electrons. The minimum atomic E-state index is -0.555. The number of non-ortho nitro benzene ring substituents is 1. The van der Waals surface area contributed by atoms with Crippen molar-refractivity contribution in [2.24, 2.45) is 0 Å². The number of nitro benzene ring substituents is 1. The van der Waals surface area contributed by atoms with Gasteiger partial charge >= 0.3 is 0 Å². The van der Waals surface area contributed by atoms with Gasteiger partial charge in [0.15, 0.2) is 5.13 Å². The van der Waals surface area contributed by atoms with Crippen LogP contribution in [-0.4, -0.2) is 34.9 Å². The summed E-state index contributed by atoms with van der Waals surface area (Å²) < 4.78 is 5.40. The first-order chi connectivity index (χ1) is 14.8. The zero-order chi connectivity index (χ0) is 22.5. The number of benzene rings is 2. The van der Waals surface area contributed by atoms with Crippen molar-refractivity contribution in [2.45, 2.75) is 6.92 Å². The summed E-state index contributed by atoms with van der Waals surface area (Å²) in [6.45, 7) is 2.04. The molecule has 0 saturated heterocycles. The van der Waals surface area contributed by atoms with E-state index in [0.29, 0.717) is 17.2 Å². The summed E-state index contributed by atoms with van der Waals surface area (Å²) in [5, 5.41) is 11.4. The lowest BCUT2D eigenvalue weighted by molar-refractivity contribution is -0.384. The van der Waals surface area contributed by atoms with E-state index in [2.05, 4.69) is 4.98 Å². The molecule has 31 heavy (non-hydrogen) atoms. The van der Waals surface area contributed by atoms with E-state index < -0.39 is 16.6 Å². The smallest absolute Gasteiger partial charge is 0.269 e. The minimum Gasteiger partial charge on any atom is -0.382 e. The third kappa shape index (κ3) is 5.05. The molecular weight excluding hydrogens is 444 g/mol. The van der Waals surface area contributed by atoms with Crippen LogP contribution in [0.5, 0.6) is 0 Å². The number of halogens is 1. The van der Waals surface area contributed by atoms with Crippen LogP contribution in [0.4, 0.5) is 16.6 Å². The average Bonchev–Trinajstić information content (AvgIpc) is 3.14. The summed E-state index contributed by atoms with van der Waals surface area (Å²) in [4.78, 5) is 41.7. The molecule has 1 amide bonds. The number of nitrogens with zero attached hydrogens (tertiary/aromatic N) is 3. The number of hydrogen-bond acceptors (Lipinski definition) is 8. The second-order valence-electron chi connectivity index (χ2n) is 6.21. The van der Waals surface area contributed by atoms with Crippen LogP contribution >= 0.6 is 22.9 Å². The quantitative estimate of drug-likeness (QED) is 0.231. The largest absolute Gasteiger partial charge is 0.382 e. The monoisotopic (exact) mass is 460 g/mol. The number of nitrogens with two attached hydrogens (primary N) is 1. The second kappa shape index (κ2) is 9.65. The van der Waals surface area contributed by atoms with E-state index in [9.17, 15) is 19.7 Å². The van der Waals surface area contributed by atoms with Crippen LogP contribution in [0.2, 0.25) is 5.02 Å². The summed E-state index contributed by atoms with van der Waals surface area (Å²) in [5.41, 5.74) is 6.36. The lowest BCUT2D eigenvalue weighted by Crippen LogP contribution is -2.33. The van der Waals surface area contributed by atoms with E-state index in [0.717, 1.165) is 11.3 Å². The first kappa shape index (κ1) is 22.3. The molecule has 0 aliphatic carbocycles. The van der Waals surface area contributed by atoms with Crippen LogP contribution in [0.3, 0.4) is 0 Å². The van der Waals surface area contributed by atoms with Crippen molar-refractivity contribution in [1.82, 2.24) is 4.98 Å². The Labute approximate surface area is 186 Å². The number of anilines is 2. The molecule has 0 unspecified atom stereocenters. The summed E-state index contributed by atoms with van der Waals surface area (Å²) in [7, 11) is 0. The van der Waals surface area contributed by atoms with Crippen molar-refractivity contribution in [1.29, 1.82) is 0 Å². The lowest BCUT2D eigenvalue weighted by atomic mass is 10.1. The maximum atomic E-state index is 13.0. The van der Waals surface area contributed by atoms with Crippen molar-refractivity contribution in [3.8, 4) is 0 Å². The van der Waals surface area contributed by atoms with E-state index >= 15 is 0 Å². The Hall–Kier alpha value is -3.34. The van der Waals surface area contributed by atoms with Crippen molar-refractivity contribution in [2.75, 3.05) is 24.0 Å². The molecule has 1 aromatic heterocycles. The fourth-order valence-corrected chi connectivity index (χ4v) is 3.75. The Morgan fingerprint density at radius 1 is 1.23 bits per heavy atom. The number of ketones is 1. The van der Waals surface area contributed by atoms with E-state index in [1.165, 1.54) is 35.2 Å². The molecule has 2 N–H and O–H groups in total. The molecule has 0 fully saturated rings. The summed E-state index contributed by atoms with van der Waals surface area (Å²) in [5.74, 6) is -0.925. The zero-order valence-electron chi connectivity index (χ0n) is 16.3. The van der Waals surface area contributed by atoms with Gasteiger partial charge in [0.1, 0.15) is 17.4 Å². The summed E-state index contributed by atoms with van der Waals surface area (Å²) in [6, 6.07) is 11.6. The Bertz CT molecular complexity index is 1130. The van der Waals surface area contributed by atoms with E-state index in [-0.39, 0.29) is 33.8 Å². The number of nitro groups is 1. The number of aromatic nitrogens is 1. The van der Waals surface area contributed by atoms with Gasteiger partial charge in [0, 0.05) is 34.9 Å². The normalized spacial score (nSPS) is 10.6. The topological polar surface area (TPSA) is 129 Å². The molecule has 0 bridgehead atoms. The van der Waals surface area contributed by atoms with Crippen LogP contribution in [0.25, 0.3) is 0 Å². The zero-order valence-corrected chi connectivity index (χ0v) is 17.9. The SMILES string of the molecule is CCOCN(C(=O)c1cccc(Cl)c1)c1nc(N)c(C(=O)c2ccc([N+](=O)[O-])cc2)s1. The molecule has 1 heterocycles. The van der Waals surface area contributed by atoms with Crippen molar-refractivity contribution in [3.63, 3.8) is 0 Å². The Morgan fingerprint density at radius 2 is 1.94 bits per heavy atom. The van der Waals surface area contributed by atoms with Crippen molar-refractivity contribution < 1.29 is 19.2 Å². The number of amides is 1. The van der Waals surface area contributed by atoms with Gasteiger partial charge in [0.2, 0.25) is 5.78 Å². The van der Waals surface area contributed by atoms with Gasteiger partial charge in [-0.2, -0.15) is 0 Å². The van der Waals surface area contributed by atoms with Gasteiger partial charge in [-0.1, -0.05) is 29.0 Å². The van der Waals surface area contributed by atoms with Crippen molar-refractivity contribution in [3.05, 3.63) is 79.7 Å². The highest BCUT2D eigenvalue weighted by Crippen LogP contribution is 2.31. The van der Waals surface area contributed by atoms with Crippen LogP contribution in [0, 0.1) is 10.1 Å². The lowest BCUT2D eigenvalue weighted by Gasteiger charge is -2.19. The molecule has 0 aliphatic heterocycles. The van der Waals surface area contributed by atoms with Gasteiger partial charge in [-0.25, -0.2) is 4.98 Å². The summed E-state index contributed by atoms with van der Waals surface area (Å²) >= 11 is 6.92. The van der Waals surface area contributed by atoms with Gasteiger partial charge in [-0.15, -0.1) is 0 Å². The van der Waals surface area contributed by atoms with Gasteiger partial charge < -0.3 is 10.5 Å². The predicted octanol–water partition coefficient (Wildman–Crippen LogP) is 4.16. The van der Waals surface area contributed by atoms with Crippen LogP contribution < -0.4 is 10.6 Å². The molecular formula is C20H17ClN4O5S. The third-order valence-electron chi connectivity index (χ3n) is 4.16. The van der Waals surface area contributed by atoms with Gasteiger partial charge in [-0.3, -0.25) is 24.6 Å². The fourth-order valence-electron chi connectivity index (χ4n) is 2.62. The Morgan fingerprint density at radius 3 is 2.55 bits per heavy atom. The number of carbonyl (C=O) groups excluding carboxylic acids is 2. The number of nitrogen functional groups attached to an aromatic ring is 1. The standard InChI is InChI=1S/C20H17ClN4O5S/c1-2-30-11-24(19(27)13-4-3-5-14(21)10-13)20-23-18(22)17(31-20)16(26)12-6-8-15(9-7-12)25(28)29/h3-10H,2,11,22H2,1H3. The number of rotatable bonds is 8. The third-order valence-corrected chi connectivity index (χ3v) is 5.49. The molecule has 0 aliphatic rings. The fraction of sp³-hybridized carbons (Fsp3) is 0.150. The van der Waals surface area contributed by atoms with Crippen LogP contribution in [-0.2, 0) is 4.74 Å². The molecule has 0 atom stereocenters. The highest BCUT2D eigenvalue weighted by molar-refractivity contribution is 7.18. The molecule has 0 spiro atoms. The first-order valence-corrected chi connectivity index (χ1v) is 10.2. The van der Waals surface area contributed by atoms with Gasteiger partial charge in [0.25, 0.3) is 11.6 Å². The molecule has 0 radical (unpaired) electrons. The van der Waals surface area contributed by atoms with E-state index in [1.54, 1.807) is 25.1 Å². The molecule has 3 rings (SSSR count). The highest BCUT2D eigenvalue weighted by Gasteiger charge is 2.26. The Balaban J connectivity index is 1.93. The summed E-state index contributed by atoms with van der Waals surface area (Å²) in [6.07, 6.45) is 0. The molecule has 0 saturated carbocycles. The molecule has 9 nitrogen and oxygen atoms in total. The van der Waals surface area contributed by atoms with E-state index in [4.69, 9.17) is 22.1 Å². The van der Waals surface area contributed by atoms with Crippen molar-refractivity contribution >= 4 is 51.3 Å². The molecule has 3 aromatic rings. The van der Waals surface area contributed by atoms with E-state index in [1.807, 2.05) is 0 Å². The highest BCUT2D eigenvalue weighted by atomic mass is 35.5. The number of hydrogen-bond donors (Lipinski definition) is 1. The maximum Gasteiger partial charge on any atom is 0.269 e. The minimum absolute atomic E-state index is 0.0521. The molecule has 11 heteroatoms. The number of thiazole rings is 1. The maximum absolute atomic E-state index is 13.0. The van der Waals surface area contributed by atoms with Crippen LogP contribution in [0.1, 0.15) is 32.5 Å².